The van der Waals surface area contributed by atoms with Crippen LogP contribution < -0.4 is 5.63 Å². The van der Waals surface area contributed by atoms with Crippen molar-refractivity contribution in [3.05, 3.63) is 46.3 Å². The molecule has 0 saturated heterocycles. The van der Waals surface area contributed by atoms with Crippen LogP contribution in [0.3, 0.4) is 0 Å². The van der Waals surface area contributed by atoms with E-state index in [0.717, 1.165) is 5.39 Å². The molecular formula is C13H13BrO3S. The predicted molar refractivity (Wildman–Crippen MR) is 80.0 cm³/mol. The van der Waals surface area contributed by atoms with Crippen molar-refractivity contribution < 1.29 is 9.21 Å². The molecule has 0 aliphatic carbocycles. The van der Waals surface area contributed by atoms with E-state index < -0.39 is 14.1 Å². The quantitative estimate of drug-likeness (QED) is 0.641. The van der Waals surface area contributed by atoms with Crippen molar-refractivity contribution in [3.63, 3.8) is 0 Å². The monoisotopic (exact) mass is 328 g/mol. The number of Topliss-reactive ketones (excluding diaryl/α,β-unsaturated/α-hetero) is 1. The van der Waals surface area contributed by atoms with E-state index >= 15 is 0 Å². The maximum Gasteiger partial charge on any atom is 0.347 e. The highest BCUT2D eigenvalue weighted by Crippen LogP contribution is 2.48. The highest BCUT2D eigenvalue weighted by atomic mass is 79.9. The summed E-state index contributed by atoms with van der Waals surface area (Å²) in [4.78, 5) is 23.8. The Labute approximate surface area is 114 Å². The van der Waals surface area contributed by atoms with E-state index in [1.165, 1.54) is 0 Å². The number of carbonyl (C=O) groups excluding carboxylic acids is 1. The average molecular weight is 329 g/mol. The van der Waals surface area contributed by atoms with Crippen molar-refractivity contribution in [2.24, 2.45) is 0 Å². The normalized spacial score (nSPS) is 12.6. The second kappa shape index (κ2) is 4.90. The lowest BCUT2D eigenvalue weighted by Crippen LogP contribution is -2.18. The summed E-state index contributed by atoms with van der Waals surface area (Å²) in [5.74, 6) is 0.155. The molecule has 18 heavy (non-hydrogen) atoms. The van der Waals surface area contributed by atoms with Crippen LogP contribution in [0.2, 0.25) is 0 Å². The van der Waals surface area contributed by atoms with Crippen molar-refractivity contribution in [2.75, 3.05) is 18.3 Å². The van der Waals surface area contributed by atoms with Gasteiger partial charge in [-0.3, -0.25) is 4.79 Å². The molecule has 1 aromatic heterocycles. The minimum atomic E-state index is -1.16. The van der Waals surface area contributed by atoms with Gasteiger partial charge in [0, 0.05) is 11.1 Å². The minimum Gasteiger partial charge on any atom is -0.422 e. The molecule has 3 nitrogen and oxygen atoms in total. The molecular weight excluding hydrogens is 316 g/mol. The first kappa shape index (κ1) is 13.4. The number of hydrogen-bond donors (Lipinski definition) is 0. The molecule has 0 amide bonds. The maximum absolute atomic E-state index is 12.1. The molecule has 1 aromatic carbocycles. The Balaban J connectivity index is 2.48. The van der Waals surface area contributed by atoms with E-state index in [0.29, 0.717) is 11.3 Å². The first-order valence-electron chi connectivity index (χ1n) is 5.33. The van der Waals surface area contributed by atoms with E-state index in [4.69, 9.17) is 4.42 Å². The highest BCUT2D eigenvalue weighted by molar-refractivity contribution is 9.58. The molecule has 0 radical (unpaired) electrons. The summed E-state index contributed by atoms with van der Waals surface area (Å²) in [6, 6.07) is 8.78. The fourth-order valence-corrected chi connectivity index (χ4v) is 3.05. The predicted octanol–water partition coefficient (Wildman–Crippen LogP) is 3.35. The van der Waals surface area contributed by atoms with Crippen LogP contribution in [0.1, 0.15) is 10.4 Å². The largest absolute Gasteiger partial charge is 0.422 e. The van der Waals surface area contributed by atoms with Gasteiger partial charge in [0.25, 0.3) is 0 Å². The molecule has 0 saturated carbocycles. The topological polar surface area (TPSA) is 47.3 Å². The maximum atomic E-state index is 12.1. The number of para-hydroxylation sites is 1. The lowest BCUT2D eigenvalue weighted by Gasteiger charge is -2.20. The van der Waals surface area contributed by atoms with E-state index in [2.05, 4.69) is 14.8 Å². The number of benzene rings is 1. The van der Waals surface area contributed by atoms with Crippen molar-refractivity contribution in [3.8, 4) is 0 Å². The lowest BCUT2D eigenvalue weighted by molar-refractivity contribution is 0.101. The molecule has 5 heteroatoms. The third-order valence-corrected chi connectivity index (χ3v) is 4.05. The van der Waals surface area contributed by atoms with Crippen LogP contribution in [0.25, 0.3) is 11.0 Å². The number of rotatable bonds is 3. The Morgan fingerprint density at radius 1 is 1.33 bits per heavy atom. The van der Waals surface area contributed by atoms with Gasteiger partial charge >= 0.3 is 5.63 Å². The molecule has 96 valence electrons. The zero-order chi connectivity index (χ0) is 13.3. The van der Waals surface area contributed by atoms with Crippen LogP contribution >= 0.6 is 23.3 Å². The Kier molecular flexibility index (Phi) is 3.64. The van der Waals surface area contributed by atoms with Gasteiger partial charge < -0.3 is 4.42 Å². The minimum absolute atomic E-state index is 0.133. The number of carbonyl (C=O) groups is 1. The zero-order valence-corrected chi connectivity index (χ0v) is 12.5. The highest BCUT2D eigenvalue weighted by Gasteiger charge is 2.19. The number of halogens is 1. The van der Waals surface area contributed by atoms with Crippen LogP contribution in [-0.2, 0) is 0 Å². The van der Waals surface area contributed by atoms with Crippen LogP contribution in [-0.4, -0.2) is 24.0 Å². The van der Waals surface area contributed by atoms with E-state index in [1.54, 1.807) is 18.2 Å². The van der Waals surface area contributed by atoms with Gasteiger partial charge in [-0.2, -0.15) is 8.46 Å². The van der Waals surface area contributed by atoms with Gasteiger partial charge in [0.2, 0.25) is 0 Å². The molecule has 0 atom stereocenters. The summed E-state index contributed by atoms with van der Waals surface area (Å²) in [6.45, 7) is 0. The summed E-state index contributed by atoms with van der Waals surface area (Å²) in [5, 5.41) is 0.767. The molecule has 0 fully saturated rings. The number of fused-ring (bicyclic) bond motifs is 1. The Hall–Kier alpha value is -1.07. The fourth-order valence-electron chi connectivity index (χ4n) is 1.65. The van der Waals surface area contributed by atoms with Crippen LogP contribution in [0, 0.1) is 0 Å². The van der Waals surface area contributed by atoms with Gasteiger partial charge in [0.15, 0.2) is 5.78 Å². The SMILES string of the molecule is CS(C)(Br)CC(=O)c1cc2ccccc2oc1=O. The lowest BCUT2D eigenvalue weighted by atomic mass is 10.1. The summed E-state index contributed by atoms with van der Waals surface area (Å²) in [6.07, 6.45) is 3.93. The molecule has 0 bridgehead atoms. The van der Waals surface area contributed by atoms with Gasteiger partial charge in [-0.25, -0.2) is 4.79 Å². The van der Waals surface area contributed by atoms with E-state index in [1.807, 2.05) is 24.6 Å². The molecule has 2 aromatic rings. The third kappa shape index (κ3) is 3.03. The van der Waals surface area contributed by atoms with Crippen molar-refractivity contribution in [2.45, 2.75) is 0 Å². The molecule has 1 heterocycles. The van der Waals surface area contributed by atoms with Gasteiger partial charge in [-0.15, -0.1) is 0 Å². The van der Waals surface area contributed by atoms with Crippen LogP contribution in [0.15, 0.2) is 39.5 Å². The number of ketones is 1. The fraction of sp³-hybridized carbons (Fsp3) is 0.231. The first-order chi connectivity index (χ1) is 8.37. The molecule has 0 aliphatic rings. The van der Waals surface area contributed by atoms with E-state index in [-0.39, 0.29) is 11.3 Å². The second-order valence-electron chi connectivity index (χ2n) is 4.46. The van der Waals surface area contributed by atoms with Crippen LogP contribution in [0.4, 0.5) is 0 Å². The van der Waals surface area contributed by atoms with Gasteiger partial charge in [0.1, 0.15) is 11.1 Å². The van der Waals surface area contributed by atoms with Crippen molar-refractivity contribution in [1.29, 1.82) is 0 Å². The Morgan fingerprint density at radius 3 is 2.67 bits per heavy atom. The van der Waals surface area contributed by atoms with Crippen molar-refractivity contribution in [1.82, 2.24) is 0 Å². The molecule has 2 rings (SSSR count). The third-order valence-electron chi connectivity index (χ3n) is 2.42. The number of hydrogen-bond acceptors (Lipinski definition) is 3. The molecule has 0 aliphatic heterocycles. The average Bonchev–Trinajstić information content (AvgIpc) is 2.25. The Bertz CT molecular complexity index is 655. The first-order valence-corrected chi connectivity index (χ1v) is 9.80. The summed E-state index contributed by atoms with van der Waals surface area (Å²) in [5.41, 5.74) is 0.0769. The molecule has 0 spiro atoms. The molecule has 0 N–H and O–H groups in total. The smallest absolute Gasteiger partial charge is 0.347 e. The van der Waals surface area contributed by atoms with Gasteiger partial charge in [-0.05, 0) is 39.5 Å². The second-order valence-corrected chi connectivity index (χ2v) is 12.8. The summed E-state index contributed by atoms with van der Waals surface area (Å²) in [7, 11) is -1.16. The van der Waals surface area contributed by atoms with Gasteiger partial charge in [0.05, 0.1) is 0 Å². The standard InChI is InChI=1S/C13H13BrO3S/c1-18(2,14)8-11(15)10-7-9-5-3-4-6-12(9)17-13(10)16/h3-7H,8H2,1-2H3. The van der Waals surface area contributed by atoms with E-state index in [9.17, 15) is 9.59 Å². The van der Waals surface area contributed by atoms with Crippen LogP contribution in [0.5, 0.6) is 0 Å². The van der Waals surface area contributed by atoms with Crippen molar-refractivity contribution >= 4 is 40.0 Å². The zero-order valence-electron chi connectivity index (χ0n) is 10.1. The summed E-state index contributed by atoms with van der Waals surface area (Å²) < 4.78 is 5.15. The summed E-state index contributed by atoms with van der Waals surface area (Å²) >= 11 is 3.48. The van der Waals surface area contributed by atoms with Gasteiger partial charge in [-0.1, -0.05) is 18.2 Å². The Morgan fingerprint density at radius 2 is 2.00 bits per heavy atom. The molecule has 0 unspecified atom stereocenters.